The molecule has 0 amide bonds. The number of rotatable bonds is 2. The van der Waals surface area contributed by atoms with Crippen molar-refractivity contribution < 1.29 is 18.3 Å². The van der Waals surface area contributed by atoms with Crippen molar-refractivity contribution in [2.45, 2.75) is 6.18 Å². The fourth-order valence-electron chi connectivity index (χ4n) is 1.51. The molecule has 110 valence electrons. The molecule has 0 saturated heterocycles. The zero-order valence-corrected chi connectivity index (χ0v) is 10.2. The van der Waals surface area contributed by atoms with E-state index in [0.29, 0.717) is 0 Å². The summed E-state index contributed by atoms with van der Waals surface area (Å²) >= 11 is 0. The van der Waals surface area contributed by atoms with Gasteiger partial charge in [-0.15, -0.1) is 0 Å². The first-order valence-electron chi connectivity index (χ1n) is 5.54. The number of H-pyrrole nitrogens is 2. The predicted molar refractivity (Wildman–Crippen MR) is 68.0 cm³/mol. The number of aromatic amines is 2. The molecule has 9 heteroatoms. The largest absolute Gasteiger partial charge is 0.494 e. The molecule has 21 heavy (non-hydrogen) atoms. The van der Waals surface area contributed by atoms with Gasteiger partial charge in [0.2, 0.25) is 5.88 Å². The molecule has 0 radical (unpaired) electrons. The number of aliphatic imine (C=N–C) groups is 1. The van der Waals surface area contributed by atoms with Gasteiger partial charge in [-0.2, -0.15) is 13.2 Å². The summed E-state index contributed by atoms with van der Waals surface area (Å²) in [5.41, 5.74) is -3.14. The molecular formula is C12H8F3N3O3. The minimum absolute atomic E-state index is 0.0603. The Morgan fingerprint density at radius 3 is 2.52 bits per heavy atom. The van der Waals surface area contributed by atoms with Crippen LogP contribution in [-0.4, -0.2) is 21.3 Å². The predicted octanol–water partition coefficient (Wildman–Crippen LogP) is 1.54. The highest BCUT2D eigenvalue weighted by Crippen LogP contribution is 2.31. The van der Waals surface area contributed by atoms with Crippen molar-refractivity contribution >= 4 is 11.9 Å². The lowest BCUT2D eigenvalue weighted by molar-refractivity contribution is -0.137. The summed E-state index contributed by atoms with van der Waals surface area (Å²) in [6.07, 6.45) is -3.65. The number of alkyl halides is 3. The maximum Gasteiger partial charge on any atom is 0.416 e. The standard InChI is InChI=1S/C12H8F3N3O3/c13-12(14,15)6-2-1-3-7(4-6)16-5-8-9(19)17-11(21)18-10(8)20/h1-5H,(H3,17,18,19,20,21). The zero-order chi connectivity index (χ0) is 15.6. The van der Waals surface area contributed by atoms with Crippen molar-refractivity contribution in [1.82, 2.24) is 9.97 Å². The first-order valence-corrected chi connectivity index (χ1v) is 5.54. The molecular weight excluding hydrogens is 291 g/mol. The summed E-state index contributed by atoms with van der Waals surface area (Å²) in [5, 5.41) is 9.39. The second-order valence-corrected chi connectivity index (χ2v) is 3.98. The third kappa shape index (κ3) is 3.38. The van der Waals surface area contributed by atoms with Crippen LogP contribution in [0.5, 0.6) is 5.88 Å². The van der Waals surface area contributed by atoms with Crippen LogP contribution in [0, 0.1) is 0 Å². The molecule has 0 atom stereocenters. The first kappa shape index (κ1) is 14.6. The summed E-state index contributed by atoms with van der Waals surface area (Å²) in [4.78, 5) is 29.7. The molecule has 0 unspecified atom stereocenters. The molecule has 0 spiro atoms. The number of nitrogens with one attached hydrogen (secondary N) is 2. The molecule has 2 rings (SSSR count). The van der Waals surface area contributed by atoms with Crippen molar-refractivity contribution in [2.75, 3.05) is 0 Å². The van der Waals surface area contributed by atoms with Crippen molar-refractivity contribution in [3.05, 3.63) is 56.2 Å². The molecule has 6 nitrogen and oxygen atoms in total. The third-order valence-electron chi connectivity index (χ3n) is 2.47. The average molecular weight is 299 g/mol. The van der Waals surface area contributed by atoms with E-state index in [9.17, 15) is 27.9 Å². The van der Waals surface area contributed by atoms with Gasteiger partial charge in [0.05, 0.1) is 11.3 Å². The molecule has 0 bridgehead atoms. The molecule has 0 saturated carbocycles. The number of hydrogen-bond acceptors (Lipinski definition) is 4. The van der Waals surface area contributed by atoms with Crippen LogP contribution >= 0.6 is 0 Å². The van der Waals surface area contributed by atoms with Crippen LogP contribution in [0.25, 0.3) is 0 Å². The van der Waals surface area contributed by atoms with E-state index in [-0.39, 0.29) is 11.3 Å². The van der Waals surface area contributed by atoms with Crippen LogP contribution < -0.4 is 11.2 Å². The number of benzene rings is 1. The van der Waals surface area contributed by atoms with E-state index in [2.05, 4.69) is 4.99 Å². The summed E-state index contributed by atoms with van der Waals surface area (Å²) in [5.74, 6) is -0.723. The maximum absolute atomic E-state index is 12.5. The van der Waals surface area contributed by atoms with Gasteiger partial charge in [-0.3, -0.25) is 19.8 Å². The van der Waals surface area contributed by atoms with Crippen LogP contribution in [0.2, 0.25) is 0 Å². The number of hydrogen-bond donors (Lipinski definition) is 3. The average Bonchev–Trinajstić information content (AvgIpc) is 2.36. The number of halogens is 3. The topological polar surface area (TPSA) is 98.3 Å². The molecule has 2 aromatic rings. The summed E-state index contributed by atoms with van der Waals surface area (Å²) < 4.78 is 37.6. The van der Waals surface area contributed by atoms with Crippen molar-refractivity contribution in [3.63, 3.8) is 0 Å². The van der Waals surface area contributed by atoms with Gasteiger partial charge in [-0.05, 0) is 18.2 Å². The normalized spacial score (nSPS) is 12.0. The third-order valence-corrected chi connectivity index (χ3v) is 2.47. The summed E-state index contributed by atoms with van der Waals surface area (Å²) in [6, 6.07) is 4.12. The van der Waals surface area contributed by atoms with E-state index in [4.69, 9.17) is 0 Å². The van der Waals surface area contributed by atoms with Gasteiger partial charge in [0.25, 0.3) is 5.56 Å². The van der Waals surface area contributed by atoms with Gasteiger partial charge in [-0.1, -0.05) is 6.07 Å². The molecule has 1 aromatic heterocycles. The highest BCUT2D eigenvalue weighted by Gasteiger charge is 2.30. The first-order chi connectivity index (χ1) is 9.77. The lowest BCUT2D eigenvalue weighted by Gasteiger charge is -2.06. The van der Waals surface area contributed by atoms with E-state index in [1.807, 2.05) is 9.97 Å². The molecule has 0 fully saturated rings. The minimum Gasteiger partial charge on any atom is -0.494 e. The monoisotopic (exact) mass is 299 g/mol. The summed E-state index contributed by atoms with van der Waals surface area (Å²) in [6.45, 7) is 0. The van der Waals surface area contributed by atoms with Crippen molar-refractivity contribution in [1.29, 1.82) is 0 Å². The van der Waals surface area contributed by atoms with Crippen LogP contribution in [0.15, 0.2) is 38.8 Å². The van der Waals surface area contributed by atoms with Crippen LogP contribution in [-0.2, 0) is 6.18 Å². The van der Waals surface area contributed by atoms with Gasteiger partial charge in [-0.25, -0.2) is 4.79 Å². The van der Waals surface area contributed by atoms with E-state index < -0.39 is 28.9 Å². The minimum atomic E-state index is -4.51. The highest BCUT2D eigenvalue weighted by molar-refractivity contribution is 5.83. The number of aromatic hydroxyl groups is 1. The number of nitrogens with zero attached hydrogens (tertiary/aromatic N) is 1. The van der Waals surface area contributed by atoms with E-state index in [1.54, 1.807) is 0 Å². The second kappa shape index (κ2) is 5.27. The van der Waals surface area contributed by atoms with Crippen LogP contribution in [0.4, 0.5) is 18.9 Å². The van der Waals surface area contributed by atoms with Gasteiger partial charge >= 0.3 is 11.9 Å². The molecule has 0 aliphatic carbocycles. The summed E-state index contributed by atoms with van der Waals surface area (Å²) in [7, 11) is 0. The molecule has 0 aliphatic heterocycles. The Hall–Kier alpha value is -2.84. The SMILES string of the molecule is O=c1[nH]c(O)c(C=Nc2cccc(C(F)(F)F)c2)c(=O)[nH]1. The quantitative estimate of drug-likeness (QED) is 0.733. The fourth-order valence-corrected chi connectivity index (χ4v) is 1.51. The van der Waals surface area contributed by atoms with E-state index in [1.165, 1.54) is 6.07 Å². The second-order valence-electron chi connectivity index (χ2n) is 3.98. The number of aromatic nitrogens is 2. The Morgan fingerprint density at radius 1 is 1.19 bits per heavy atom. The Morgan fingerprint density at radius 2 is 1.90 bits per heavy atom. The van der Waals surface area contributed by atoms with Crippen LogP contribution in [0.1, 0.15) is 11.1 Å². The van der Waals surface area contributed by atoms with Gasteiger partial charge in [0, 0.05) is 6.21 Å². The molecule has 0 aliphatic rings. The van der Waals surface area contributed by atoms with Crippen LogP contribution in [0.3, 0.4) is 0 Å². The molecule has 1 heterocycles. The Labute approximate surface area is 114 Å². The Balaban J connectivity index is 2.39. The fraction of sp³-hybridized carbons (Fsp3) is 0.0833. The van der Waals surface area contributed by atoms with E-state index in [0.717, 1.165) is 24.4 Å². The molecule has 3 N–H and O–H groups in total. The van der Waals surface area contributed by atoms with Gasteiger partial charge in [0.15, 0.2) is 0 Å². The smallest absolute Gasteiger partial charge is 0.416 e. The highest BCUT2D eigenvalue weighted by atomic mass is 19.4. The zero-order valence-electron chi connectivity index (χ0n) is 10.2. The molecule has 1 aromatic carbocycles. The van der Waals surface area contributed by atoms with Gasteiger partial charge in [0.1, 0.15) is 5.56 Å². The van der Waals surface area contributed by atoms with Crippen molar-refractivity contribution in [3.8, 4) is 5.88 Å². The maximum atomic E-state index is 12.5. The van der Waals surface area contributed by atoms with E-state index >= 15 is 0 Å². The lowest BCUT2D eigenvalue weighted by Crippen LogP contribution is -2.24. The van der Waals surface area contributed by atoms with Crippen molar-refractivity contribution in [2.24, 2.45) is 4.99 Å². The Kier molecular flexibility index (Phi) is 3.66. The lowest BCUT2D eigenvalue weighted by atomic mass is 10.2. The van der Waals surface area contributed by atoms with Gasteiger partial charge < -0.3 is 5.11 Å². The Bertz CT molecular complexity index is 806.